The molecule has 0 spiro atoms. The van der Waals surface area contributed by atoms with E-state index in [-0.39, 0.29) is 17.8 Å². The number of aromatic nitrogens is 1. The van der Waals surface area contributed by atoms with Crippen molar-refractivity contribution in [3.63, 3.8) is 0 Å². The van der Waals surface area contributed by atoms with Gasteiger partial charge in [0, 0.05) is 30.8 Å². The van der Waals surface area contributed by atoms with Gasteiger partial charge in [0.05, 0.1) is 11.6 Å². The number of para-hydroxylation sites is 1. The molecule has 0 bridgehead atoms. The minimum absolute atomic E-state index is 0.163. The van der Waals surface area contributed by atoms with Gasteiger partial charge in [-0.05, 0) is 55.2 Å². The van der Waals surface area contributed by atoms with Crippen LogP contribution in [0.5, 0.6) is 5.75 Å². The number of halogens is 1. The van der Waals surface area contributed by atoms with Crippen molar-refractivity contribution in [2.45, 2.75) is 25.3 Å². The fourth-order valence-corrected chi connectivity index (χ4v) is 5.01. The van der Waals surface area contributed by atoms with Crippen LogP contribution in [0.3, 0.4) is 0 Å². The number of guanidine groups is 1. The van der Waals surface area contributed by atoms with E-state index in [2.05, 4.69) is 30.6 Å². The second-order valence-electron chi connectivity index (χ2n) is 9.37. The van der Waals surface area contributed by atoms with E-state index in [9.17, 15) is 9.18 Å². The first-order valence-corrected chi connectivity index (χ1v) is 12.8. The molecule has 9 nitrogen and oxygen atoms in total. The second kappa shape index (κ2) is 10.6. The first-order chi connectivity index (χ1) is 18.7. The number of ether oxygens (including phenoxy) is 1. The highest BCUT2D eigenvalue weighted by atomic mass is 19.1. The summed E-state index contributed by atoms with van der Waals surface area (Å²) < 4.78 is 19.5. The summed E-state index contributed by atoms with van der Waals surface area (Å²) in [5.74, 6) is 1.77. The molecule has 1 saturated heterocycles. The highest BCUT2D eigenvalue weighted by molar-refractivity contribution is 5.97. The van der Waals surface area contributed by atoms with Gasteiger partial charge in [-0.2, -0.15) is 0 Å². The summed E-state index contributed by atoms with van der Waals surface area (Å²) in [4.78, 5) is 28.6. The number of fused-ring (bicyclic) bond motifs is 2. The number of hydrogen-bond acceptors (Lipinski definition) is 8. The topological polar surface area (TPSA) is 94.4 Å². The molecule has 1 fully saturated rings. The maximum atomic E-state index is 13.1. The van der Waals surface area contributed by atoms with Crippen LogP contribution in [0.4, 0.5) is 4.39 Å². The molecular formula is C28H28FN7O2. The SMILES string of the molecule is O=C(NCCc1ccc(F)cc1)c1cc(OC[C@H]2CCCN2C2=CC=NC3=NCNN23)c2ccccc2n1. The van der Waals surface area contributed by atoms with Crippen LogP contribution in [0.2, 0.25) is 0 Å². The molecule has 1 amide bonds. The fraction of sp³-hybridized carbons (Fsp3) is 0.286. The molecule has 1 aromatic heterocycles. The number of amides is 1. The summed E-state index contributed by atoms with van der Waals surface area (Å²) in [6.07, 6.45) is 6.42. The zero-order chi connectivity index (χ0) is 25.9. The number of hydrazine groups is 1. The molecule has 3 aromatic rings. The molecule has 1 atom stereocenters. The Labute approximate surface area is 219 Å². The van der Waals surface area contributed by atoms with Gasteiger partial charge in [-0.25, -0.2) is 29.8 Å². The first kappa shape index (κ1) is 24.1. The first-order valence-electron chi connectivity index (χ1n) is 12.8. The smallest absolute Gasteiger partial charge is 0.270 e. The highest BCUT2D eigenvalue weighted by Gasteiger charge is 2.33. The molecule has 194 valence electrons. The van der Waals surface area contributed by atoms with Gasteiger partial charge in [-0.15, -0.1) is 0 Å². The average molecular weight is 514 g/mol. The predicted molar refractivity (Wildman–Crippen MR) is 143 cm³/mol. The van der Waals surface area contributed by atoms with Crippen molar-refractivity contribution in [1.82, 2.24) is 25.6 Å². The molecule has 2 N–H and O–H groups in total. The Morgan fingerprint density at radius 3 is 2.95 bits per heavy atom. The van der Waals surface area contributed by atoms with Crippen molar-refractivity contribution >= 4 is 29.0 Å². The molecule has 10 heteroatoms. The number of aliphatic imine (C=N–C) groups is 2. The van der Waals surface area contributed by atoms with Gasteiger partial charge in [-0.1, -0.05) is 24.3 Å². The molecule has 2 aromatic carbocycles. The van der Waals surface area contributed by atoms with Crippen molar-refractivity contribution in [2.24, 2.45) is 9.98 Å². The number of benzene rings is 2. The fourth-order valence-electron chi connectivity index (χ4n) is 5.01. The number of nitrogens with one attached hydrogen (secondary N) is 2. The lowest BCUT2D eigenvalue weighted by atomic mass is 10.1. The molecule has 38 heavy (non-hydrogen) atoms. The second-order valence-corrected chi connectivity index (χ2v) is 9.37. The minimum Gasteiger partial charge on any atom is -0.491 e. The van der Waals surface area contributed by atoms with Crippen molar-refractivity contribution in [2.75, 3.05) is 26.4 Å². The molecule has 0 aliphatic carbocycles. The van der Waals surface area contributed by atoms with Crippen LogP contribution >= 0.6 is 0 Å². The van der Waals surface area contributed by atoms with Gasteiger partial charge < -0.3 is 15.0 Å². The number of rotatable bonds is 8. The summed E-state index contributed by atoms with van der Waals surface area (Å²) in [6.45, 7) is 2.31. The minimum atomic E-state index is -0.276. The molecule has 0 radical (unpaired) electrons. The van der Waals surface area contributed by atoms with Gasteiger partial charge >= 0.3 is 0 Å². The summed E-state index contributed by atoms with van der Waals surface area (Å²) in [7, 11) is 0. The van der Waals surface area contributed by atoms with E-state index in [0.29, 0.717) is 49.2 Å². The molecule has 3 aliphatic heterocycles. The van der Waals surface area contributed by atoms with E-state index < -0.39 is 0 Å². The largest absolute Gasteiger partial charge is 0.491 e. The van der Waals surface area contributed by atoms with E-state index in [0.717, 1.165) is 36.2 Å². The third-order valence-corrected chi connectivity index (χ3v) is 6.92. The quantitative estimate of drug-likeness (QED) is 0.480. The number of likely N-dealkylation sites (tertiary alicyclic amines) is 1. The number of nitrogens with zero attached hydrogens (tertiary/aromatic N) is 5. The predicted octanol–water partition coefficient (Wildman–Crippen LogP) is 3.25. The van der Waals surface area contributed by atoms with Gasteiger partial charge in [0.1, 0.15) is 36.4 Å². The van der Waals surface area contributed by atoms with Crippen LogP contribution in [0.25, 0.3) is 10.9 Å². The Balaban J connectivity index is 1.16. The zero-order valence-electron chi connectivity index (χ0n) is 20.8. The monoisotopic (exact) mass is 513 g/mol. The van der Waals surface area contributed by atoms with Crippen molar-refractivity contribution in [3.8, 4) is 5.75 Å². The van der Waals surface area contributed by atoms with E-state index >= 15 is 0 Å². The van der Waals surface area contributed by atoms with Crippen LogP contribution in [0.1, 0.15) is 28.9 Å². The van der Waals surface area contributed by atoms with Gasteiger partial charge in [0.2, 0.25) is 5.96 Å². The van der Waals surface area contributed by atoms with Crippen LogP contribution < -0.4 is 15.5 Å². The summed E-state index contributed by atoms with van der Waals surface area (Å²) >= 11 is 0. The molecule has 0 saturated carbocycles. The van der Waals surface area contributed by atoms with Crippen molar-refractivity contribution in [1.29, 1.82) is 0 Å². The molecule has 4 heterocycles. The number of hydrogen-bond donors (Lipinski definition) is 2. The van der Waals surface area contributed by atoms with Crippen molar-refractivity contribution in [3.05, 3.63) is 83.6 Å². The molecule has 6 rings (SSSR count). The normalized spacial score (nSPS) is 18.4. The standard InChI is InChI=1S/C28H28FN7O2/c29-20-9-7-19(8-10-20)11-13-30-27(37)24-16-25(22-5-1-2-6-23(22)34-24)38-17-21-4-3-15-35(21)26-12-14-31-28-32-18-33-36(26)28/h1-2,5-10,12,14,16,21,33H,3-4,11,13,15,17-18H2,(H,30,37)/t21-/m1/s1. The third kappa shape index (κ3) is 4.95. The maximum absolute atomic E-state index is 13.1. The lowest BCUT2D eigenvalue weighted by molar-refractivity contribution is 0.0949. The Kier molecular flexibility index (Phi) is 6.70. The summed E-state index contributed by atoms with van der Waals surface area (Å²) in [5, 5.41) is 5.71. The van der Waals surface area contributed by atoms with Gasteiger partial charge in [0.25, 0.3) is 5.91 Å². The van der Waals surface area contributed by atoms with Crippen LogP contribution in [0.15, 0.2) is 76.5 Å². The van der Waals surface area contributed by atoms with Crippen molar-refractivity contribution < 1.29 is 13.9 Å². The molecule has 3 aliphatic rings. The number of carbonyl (C=O) groups excluding carboxylic acids is 1. The summed E-state index contributed by atoms with van der Waals surface area (Å²) in [6, 6.07) is 15.8. The lowest BCUT2D eigenvalue weighted by Gasteiger charge is -2.34. The molecule has 0 unspecified atom stereocenters. The van der Waals surface area contributed by atoms with Crippen LogP contribution in [-0.2, 0) is 6.42 Å². The average Bonchev–Trinajstić information content (AvgIpc) is 3.62. The van der Waals surface area contributed by atoms with E-state index in [4.69, 9.17) is 4.74 Å². The van der Waals surface area contributed by atoms with Gasteiger partial charge in [0.15, 0.2) is 0 Å². The Hall–Kier alpha value is -4.31. The van der Waals surface area contributed by atoms with E-state index in [1.807, 2.05) is 35.4 Å². The Bertz CT molecular complexity index is 1440. The highest BCUT2D eigenvalue weighted by Crippen LogP contribution is 2.29. The number of carbonyl (C=O) groups is 1. The van der Waals surface area contributed by atoms with Crippen LogP contribution in [0, 0.1) is 5.82 Å². The van der Waals surface area contributed by atoms with Gasteiger partial charge in [-0.3, -0.25) is 4.79 Å². The third-order valence-electron chi connectivity index (χ3n) is 6.92. The maximum Gasteiger partial charge on any atom is 0.270 e. The van der Waals surface area contributed by atoms with Crippen LogP contribution in [-0.4, -0.2) is 65.4 Å². The number of pyridine rings is 1. The Morgan fingerprint density at radius 1 is 1.18 bits per heavy atom. The zero-order valence-corrected chi connectivity index (χ0v) is 20.8. The van der Waals surface area contributed by atoms with E-state index in [1.165, 1.54) is 12.1 Å². The summed E-state index contributed by atoms with van der Waals surface area (Å²) in [5.41, 5.74) is 5.20. The Morgan fingerprint density at radius 2 is 2.05 bits per heavy atom. The lowest BCUT2D eigenvalue weighted by Crippen LogP contribution is -2.47. The number of allylic oxidation sites excluding steroid dienone is 1. The van der Waals surface area contributed by atoms with E-state index in [1.54, 1.807) is 24.4 Å². The molecular weight excluding hydrogens is 485 g/mol.